The number of benzene rings is 2. The van der Waals surface area contributed by atoms with Crippen LogP contribution in [-0.2, 0) is 16.8 Å². The predicted molar refractivity (Wildman–Crippen MR) is 114 cm³/mol. The number of carbonyl (C=O) groups is 1. The molecule has 0 saturated heterocycles. The van der Waals surface area contributed by atoms with Gasteiger partial charge in [-0.15, -0.1) is 0 Å². The molecule has 0 heterocycles. The summed E-state index contributed by atoms with van der Waals surface area (Å²) in [6, 6.07) is 16.1. The van der Waals surface area contributed by atoms with Crippen LogP contribution in [0.2, 0.25) is 0 Å². The van der Waals surface area contributed by atoms with Gasteiger partial charge in [-0.2, -0.15) is 0 Å². The lowest BCUT2D eigenvalue weighted by molar-refractivity contribution is -0.119. The van der Waals surface area contributed by atoms with Crippen molar-refractivity contribution in [2.24, 2.45) is 10.7 Å². The van der Waals surface area contributed by atoms with E-state index in [4.69, 9.17) is 10.5 Å². The van der Waals surface area contributed by atoms with Gasteiger partial charge in [0.2, 0.25) is 0 Å². The molecule has 0 aliphatic heterocycles. The molecule has 148 valence electrons. The van der Waals surface area contributed by atoms with Crippen LogP contribution >= 0.6 is 15.9 Å². The number of carbonyl (C=O) groups excluding carboxylic acids is 1. The van der Waals surface area contributed by atoms with Gasteiger partial charge in [0, 0.05) is 30.0 Å². The number of rotatable bonds is 8. The number of halogens is 1. The molecule has 6 nitrogen and oxygen atoms in total. The summed E-state index contributed by atoms with van der Waals surface area (Å²) in [4.78, 5) is 15.2. The predicted octanol–water partition coefficient (Wildman–Crippen LogP) is 2.71. The lowest BCUT2D eigenvalue weighted by Crippen LogP contribution is -2.40. The fraction of sp³-hybridized carbons (Fsp3) is 0.333. The average Bonchev–Trinajstić information content (AvgIpc) is 3.48. The number of amides is 1. The van der Waals surface area contributed by atoms with Crippen LogP contribution in [0.3, 0.4) is 0 Å². The second kappa shape index (κ2) is 9.10. The third-order valence-corrected chi connectivity index (χ3v) is 5.34. The number of nitrogens with zero attached hydrogens (tertiary/aromatic N) is 1. The minimum absolute atomic E-state index is 0.127. The van der Waals surface area contributed by atoms with Gasteiger partial charge in [0.05, 0.1) is 0 Å². The summed E-state index contributed by atoms with van der Waals surface area (Å²) >= 11 is 3.56. The summed E-state index contributed by atoms with van der Waals surface area (Å²) in [5.41, 5.74) is 7.68. The summed E-state index contributed by atoms with van der Waals surface area (Å²) in [7, 11) is 1.76. The topological polar surface area (TPSA) is 88.7 Å². The Labute approximate surface area is 173 Å². The van der Waals surface area contributed by atoms with E-state index in [1.54, 1.807) is 13.1 Å². The van der Waals surface area contributed by atoms with Crippen molar-refractivity contribution < 1.29 is 9.53 Å². The molecule has 0 radical (unpaired) electrons. The van der Waals surface area contributed by atoms with Crippen molar-refractivity contribution in [3.63, 3.8) is 0 Å². The van der Waals surface area contributed by atoms with Crippen LogP contribution in [0.25, 0.3) is 0 Å². The number of hydrogen-bond acceptors (Lipinski definition) is 3. The fourth-order valence-corrected chi connectivity index (χ4v) is 3.50. The minimum atomic E-state index is -0.493. The van der Waals surface area contributed by atoms with Gasteiger partial charge in [-0.05, 0) is 48.2 Å². The third kappa shape index (κ3) is 5.48. The molecular weight excluding hydrogens is 420 g/mol. The SMILES string of the molecule is CN=C(NCc1cccc(OCC(N)=O)c1)NCC1(c2cccc(Br)c2)CC1. The van der Waals surface area contributed by atoms with E-state index in [1.807, 2.05) is 18.2 Å². The lowest BCUT2D eigenvalue weighted by atomic mass is 9.96. The van der Waals surface area contributed by atoms with Crippen LogP contribution in [-0.4, -0.2) is 32.1 Å². The Kier molecular flexibility index (Phi) is 6.57. The maximum atomic E-state index is 10.8. The first-order chi connectivity index (χ1) is 13.5. The lowest BCUT2D eigenvalue weighted by Gasteiger charge is -2.19. The number of aliphatic imine (C=N–C) groups is 1. The van der Waals surface area contributed by atoms with E-state index in [-0.39, 0.29) is 12.0 Å². The molecule has 0 atom stereocenters. The Balaban J connectivity index is 1.53. The summed E-state index contributed by atoms with van der Waals surface area (Å²) in [6.07, 6.45) is 2.35. The molecule has 0 aromatic heterocycles. The molecule has 1 fully saturated rings. The highest BCUT2D eigenvalue weighted by molar-refractivity contribution is 9.10. The molecule has 0 spiro atoms. The molecule has 28 heavy (non-hydrogen) atoms. The average molecular weight is 445 g/mol. The molecule has 2 aromatic carbocycles. The summed E-state index contributed by atoms with van der Waals surface area (Å²) in [5, 5.41) is 6.77. The molecular formula is C21H25BrN4O2. The Hall–Kier alpha value is -2.54. The monoisotopic (exact) mass is 444 g/mol. The molecule has 1 amide bonds. The quantitative estimate of drug-likeness (QED) is 0.431. The van der Waals surface area contributed by atoms with Crippen LogP contribution < -0.4 is 21.1 Å². The number of guanidine groups is 1. The van der Waals surface area contributed by atoms with Crippen molar-refractivity contribution in [2.45, 2.75) is 24.8 Å². The van der Waals surface area contributed by atoms with Gasteiger partial charge < -0.3 is 21.1 Å². The van der Waals surface area contributed by atoms with E-state index in [1.165, 1.54) is 18.4 Å². The molecule has 1 aliphatic rings. The van der Waals surface area contributed by atoms with Gasteiger partial charge in [0.25, 0.3) is 5.91 Å². The normalized spacial score (nSPS) is 15.0. The van der Waals surface area contributed by atoms with Gasteiger partial charge in [-0.1, -0.05) is 40.2 Å². The fourth-order valence-electron chi connectivity index (χ4n) is 3.10. The maximum Gasteiger partial charge on any atom is 0.255 e. The first-order valence-corrected chi connectivity index (χ1v) is 10.0. The van der Waals surface area contributed by atoms with E-state index >= 15 is 0 Å². The zero-order valence-electron chi connectivity index (χ0n) is 15.9. The van der Waals surface area contributed by atoms with E-state index in [0.717, 1.165) is 22.5 Å². The first kappa shape index (κ1) is 20.2. The highest BCUT2D eigenvalue weighted by atomic mass is 79.9. The van der Waals surface area contributed by atoms with Crippen LogP contribution in [0.15, 0.2) is 58.0 Å². The molecule has 1 saturated carbocycles. The van der Waals surface area contributed by atoms with Crippen LogP contribution in [0.4, 0.5) is 0 Å². The number of nitrogens with one attached hydrogen (secondary N) is 2. The first-order valence-electron chi connectivity index (χ1n) is 9.21. The second-order valence-corrected chi connectivity index (χ2v) is 7.89. The van der Waals surface area contributed by atoms with Crippen molar-refractivity contribution in [2.75, 3.05) is 20.2 Å². The Bertz CT molecular complexity index is 865. The number of nitrogens with two attached hydrogens (primary N) is 1. The largest absolute Gasteiger partial charge is 0.484 e. The molecule has 0 bridgehead atoms. The van der Waals surface area contributed by atoms with Crippen molar-refractivity contribution >= 4 is 27.8 Å². The van der Waals surface area contributed by atoms with Crippen molar-refractivity contribution in [3.8, 4) is 5.75 Å². The van der Waals surface area contributed by atoms with Crippen molar-refractivity contribution in [1.29, 1.82) is 0 Å². The maximum absolute atomic E-state index is 10.8. The second-order valence-electron chi connectivity index (χ2n) is 6.97. The van der Waals surface area contributed by atoms with Gasteiger partial charge in [-0.25, -0.2) is 0 Å². The van der Waals surface area contributed by atoms with Crippen LogP contribution in [0, 0.1) is 0 Å². The molecule has 1 aliphatic carbocycles. The summed E-state index contributed by atoms with van der Waals surface area (Å²) < 4.78 is 6.46. The highest BCUT2D eigenvalue weighted by Gasteiger charge is 2.44. The molecule has 2 aromatic rings. The Morgan fingerprint density at radius 3 is 2.68 bits per heavy atom. The third-order valence-electron chi connectivity index (χ3n) is 4.85. The number of primary amides is 1. The van der Waals surface area contributed by atoms with Gasteiger partial charge in [-0.3, -0.25) is 9.79 Å². The Morgan fingerprint density at radius 1 is 1.21 bits per heavy atom. The zero-order chi connectivity index (χ0) is 20.0. The van der Waals surface area contributed by atoms with Crippen molar-refractivity contribution in [1.82, 2.24) is 10.6 Å². The van der Waals surface area contributed by atoms with Gasteiger partial charge >= 0.3 is 0 Å². The van der Waals surface area contributed by atoms with Gasteiger partial charge in [0.15, 0.2) is 12.6 Å². The molecule has 3 rings (SSSR count). The Morgan fingerprint density at radius 2 is 2.00 bits per heavy atom. The van der Waals surface area contributed by atoms with Crippen LogP contribution in [0.1, 0.15) is 24.0 Å². The van der Waals surface area contributed by atoms with E-state index < -0.39 is 5.91 Å². The smallest absolute Gasteiger partial charge is 0.255 e. The zero-order valence-corrected chi connectivity index (χ0v) is 17.5. The van der Waals surface area contributed by atoms with E-state index in [0.29, 0.717) is 12.3 Å². The number of ether oxygens (including phenoxy) is 1. The van der Waals surface area contributed by atoms with E-state index in [9.17, 15) is 4.79 Å². The van der Waals surface area contributed by atoms with Crippen molar-refractivity contribution in [3.05, 3.63) is 64.1 Å². The van der Waals surface area contributed by atoms with Crippen LogP contribution in [0.5, 0.6) is 5.75 Å². The summed E-state index contributed by atoms with van der Waals surface area (Å²) in [5.74, 6) is 0.880. The molecule has 0 unspecified atom stereocenters. The highest BCUT2D eigenvalue weighted by Crippen LogP contribution is 2.48. The molecule has 4 N–H and O–H groups in total. The van der Waals surface area contributed by atoms with Gasteiger partial charge in [0.1, 0.15) is 5.75 Å². The standard InChI is InChI=1S/C21H25BrN4O2/c1-24-20(25-12-15-4-2-7-18(10-15)28-13-19(23)27)26-14-21(8-9-21)16-5-3-6-17(22)11-16/h2-7,10-11H,8-9,12-14H2,1H3,(H2,23,27)(H2,24,25,26). The van der Waals surface area contributed by atoms with E-state index in [2.05, 4.69) is 55.8 Å². The number of hydrogen-bond donors (Lipinski definition) is 3. The minimum Gasteiger partial charge on any atom is -0.484 e. The summed E-state index contributed by atoms with van der Waals surface area (Å²) in [6.45, 7) is 1.31. The molecule has 7 heteroatoms.